The van der Waals surface area contributed by atoms with Crippen LogP contribution in [0.4, 0.5) is 14.5 Å². The summed E-state index contributed by atoms with van der Waals surface area (Å²) in [6.07, 6.45) is 1.21. The van der Waals surface area contributed by atoms with Gasteiger partial charge in [0.25, 0.3) is 0 Å². The summed E-state index contributed by atoms with van der Waals surface area (Å²) in [7, 11) is -2.20. The zero-order valence-corrected chi connectivity index (χ0v) is 19.3. The molecule has 0 aliphatic carbocycles. The Bertz CT molecular complexity index is 1040. The van der Waals surface area contributed by atoms with Crippen molar-refractivity contribution in [3.8, 4) is 11.5 Å². The molecule has 7 nitrogen and oxygen atoms in total. The maximum Gasteiger partial charge on any atom is 0.232 e. The number of amides is 1. The van der Waals surface area contributed by atoms with Crippen LogP contribution in [0.5, 0.6) is 11.5 Å². The van der Waals surface area contributed by atoms with Crippen molar-refractivity contribution in [1.29, 1.82) is 0 Å². The van der Waals surface area contributed by atoms with Gasteiger partial charge in [-0.25, -0.2) is 17.2 Å². The smallest absolute Gasteiger partial charge is 0.232 e. The molecule has 10 heteroatoms. The third-order valence-corrected chi connectivity index (χ3v) is 5.63. The molecule has 1 N–H and O–H groups in total. The fourth-order valence-electron chi connectivity index (χ4n) is 2.97. The first-order valence-corrected chi connectivity index (χ1v) is 11.9. The van der Waals surface area contributed by atoms with E-state index in [4.69, 9.17) is 9.47 Å². The van der Waals surface area contributed by atoms with Crippen molar-refractivity contribution in [2.75, 3.05) is 24.2 Å². The highest BCUT2D eigenvalue weighted by atomic mass is 32.2. The van der Waals surface area contributed by atoms with Gasteiger partial charge in [-0.05, 0) is 50.1 Å². The number of hydrogen-bond donors (Lipinski definition) is 1. The predicted octanol–water partition coefficient (Wildman–Crippen LogP) is 3.62. The summed E-state index contributed by atoms with van der Waals surface area (Å²) in [6, 6.07) is 8.21. The van der Waals surface area contributed by atoms with Gasteiger partial charge in [-0.2, -0.15) is 0 Å². The van der Waals surface area contributed by atoms with Crippen molar-refractivity contribution in [2.24, 2.45) is 0 Å². The number of rotatable bonds is 11. The van der Waals surface area contributed by atoms with E-state index in [1.807, 2.05) is 19.9 Å². The number of halogens is 2. The molecule has 0 spiro atoms. The first-order valence-electron chi connectivity index (χ1n) is 10.0. The van der Waals surface area contributed by atoms with Gasteiger partial charge < -0.3 is 14.8 Å². The summed E-state index contributed by atoms with van der Waals surface area (Å²) in [6.45, 7) is 4.03. The SMILES string of the molecule is COc1cc(CNC(=O)CCCN(c2ccc(F)c(F)c2)S(C)(=O)=O)ccc1OC(C)C. The highest BCUT2D eigenvalue weighted by Gasteiger charge is 2.19. The molecular formula is C22H28F2N2O5S. The highest BCUT2D eigenvalue weighted by Crippen LogP contribution is 2.29. The van der Waals surface area contributed by atoms with E-state index in [-0.39, 0.29) is 43.6 Å². The summed E-state index contributed by atoms with van der Waals surface area (Å²) in [5.74, 6) is -1.32. The van der Waals surface area contributed by atoms with Crippen LogP contribution in [0.2, 0.25) is 0 Å². The lowest BCUT2D eigenvalue weighted by Gasteiger charge is -2.22. The lowest BCUT2D eigenvalue weighted by Crippen LogP contribution is -2.32. The average Bonchev–Trinajstić information content (AvgIpc) is 2.71. The molecule has 176 valence electrons. The van der Waals surface area contributed by atoms with Gasteiger partial charge in [0.2, 0.25) is 15.9 Å². The van der Waals surface area contributed by atoms with E-state index >= 15 is 0 Å². The van der Waals surface area contributed by atoms with Gasteiger partial charge in [-0.3, -0.25) is 9.10 Å². The standard InChI is InChI=1S/C22H28F2N2O5S/c1-15(2)31-20-10-7-16(12-21(20)30-3)14-25-22(27)6-5-11-26(32(4,28)29)17-8-9-18(23)19(24)13-17/h7-10,12-13,15H,5-6,11,14H2,1-4H3,(H,25,27). The Morgan fingerprint density at radius 2 is 1.81 bits per heavy atom. The van der Waals surface area contributed by atoms with Gasteiger partial charge in [0.15, 0.2) is 23.1 Å². The maximum absolute atomic E-state index is 13.5. The monoisotopic (exact) mass is 470 g/mol. The van der Waals surface area contributed by atoms with Crippen LogP contribution >= 0.6 is 0 Å². The van der Waals surface area contributed by atoms with Crippen LogP contribution < -0.4 is 19.1 Å². The number of sulfonamides is 1. The Hall–Kier alpha value is -2.88. The minimum absolute atomic E-state index is 0.00242. The Morgan fingerprint density at radius 1 is 1.09 bits per heavy atom. The zero-order chi connectivity index (χ0) is 23.9. The molecule has 0 radical (unpaired) electrons. The van der Waals surface area contributed by atoms with Crippen LogP contribution in [-0.4, -0.2) is 40.3 Å². The molecule has 2 aromatic rings. The van der Waals surface area contributed by atoms with Gasteiger partial charge in [0.05, 0.1) is 25.2 Å². The second kappa shape index (κ2) is 11.1. The number of nitrogens with one attached hydrogen (secondary N) is 1. The molecule has 0 saturated heterocycles. The van der Waals surface area contributed by atoms with E-state index in [0.717, 1.165) is 28.3 Å². The molecule has 2 aromatic carbocycles. The molecule has 0 unspecified atom stereocenters. The third-order valence-electron chi connectivity index (χ3n) is 4.44. The molecule has 0 bridgehead atoms. The predicted molar refractivity (Wildman–Crippen MR) is 118 cm³/mol. The minimum Gasteiger partial charge on any atom is -0.493 e. The Labute approximate surface area is 187 Å². The second-order valence-corrected chi connectivity index (χ2v) is 9.37. The van der Waals surface area contributed by atoms with E-state index in [1.54, 1.807) is 12.1 Å². The molecule has 0 fully saturated rings. The maximum atomic E-state index is 13.5. The van der Waals surface area contributed by atoms with Crippen LogP contribution in [0.3, 0.4) is 0 Å². The van der Waals surface area contributed by atoms with Gasteiger partial charge in [0.1, 0.15) is 0 Å². The van der Waals surface area contributed by atoms with E-state index in [2.05, 4.69) is 5.32 Å². The van der Waals surface area contributed by atoms with Crippen molar-refractivity contribution in [3.63, 3.8) is 0 Å². The lowest BCUT2D eigenvalue weighted by molar-refractivity contribution is -0.121. The van der Waals surface area contributed by atoms with Gasteiger partial charge in [0, 0.05) is 25.6 Å². The highest BCUT2D eigenvalue weighted by molar-refractivity contribution is 7.92. The van der Waals surface area contributed by atoms with Gasteiger partial charge in [-0.15, -0.1) is 0 Å². The summed E-state index contributed by atoms with van der Waals surface area (Å²) >= 11 is 0. The second-order valence-electron chi connectivity index (χ2n) is 7.47. The van der Waals surface area contributed by atoms with Crippen molar-refractivity contribution >= 4 is 21.6 Å². The van der Waals surface area contributed by atoms with E-state index in [9.17, 15) is 22.0 Å². The van der Waals surface area contributed by atoms with E-state index in [1.165, 1.54) is 13.2 Å². The third kappa shape index (κ3) is 7.37. The Morgan fingerprint density at radius 3 is 2.41 bits per heavy atom. The number of ether oxygens (including phenoxy) is 2. The van der Waals surface area contributed by atoms with E-state index < -0.39 is 21.7 Å². The molecule has 0 aliphatic heterocycles. The fourth-order valence-corrected chi connectivity index (χ4v) is 3.93. The normalized spacial score (nSPS) is 11.3. The number of anilines is 1. The van der Waals surface area contributed by atoms with Crippen LogP contribution in [-0.2, 0) is 21.4 Å². The number of nitrogens with zero attached hydrogens (tertiary/aromatic N) is 1. The molecule has 0 aliphatic rings. The summed E-state index contributed by atoms with van der Waals surface area (Å²) in [5.41, 5.74) is 0.813. The lowest BCUT2D eigenvalue weighted by atomic mass is 10.2. The average molecular weight is 471 g/mol. The van der Waals surface area contributed by atoms with Crippen LogP contribution in [0.1, 0.15) is 32.3 Å². The Kier molecular flexibility index (Phi) is 8.82. The van der Waals surface area contributed by atoms with Gasteiger partial charge in [-0.1, -0.05) is 6.07 Å². The van der Waals surface area contributed by atoms with E-state index in [0.29, 0.717) is 11.5 Å². The molecule has 1 amide bonds. The fraction of sp³-hybridized carbons (Fsp3) is 0.409. The molecule has 0 atom stereocenters. The van der Waals surface area contributed by atoms with Crippen LogP contribution in [0.15, 0.2) is 36.4 Å². The van der Waals surface area contributed by atoms with Gasteiger partial charge >= 0.3 is 0 Å². The van der Waals surface area contributed by atoms with Crippen LogP contribution in [0.25, 0.3) is 0 Å². The summed E-state index contributed by atoms with van der Waals surface area (Å²) in [4.78, 5) is 12.2. The molecule has 0 aromatic heterocycles. The van der Waals surface area contributed by atoms with Crippen LogP contribution in [0, 0.1) is 11.6 Å². The first kappa shape index (κ1) is 25.4. The quantitative estimate of drug-likeness (QED) is 0.542. The zero-order valence-electron chi connectivity index (χ0n) is 18.5. The number of benzene rings is 2. The Balaban J connectivity index is 1.92. The molecule has 2 rings (SSSR count). The summed E-state index contributed by atoms with van der Waals surface area (Å²) < 4.78 is 62.7. The molecule has 0 heterocycles. The molecular weight excluding hydrogens is 442 g/mol. The van der Waals surface area contributed by atoms with Crippen molar-refractivity contribution in [2.45, 2.75) is 39.3 Å². The largest absolute Gasteiger partial charge is 0.493 e. The first-order chi connectivity index (χ1) is 15.0. The van der Waals surface area contributed by atoms with Crippen molar-refractivity contribution < 1.29 is 31.5 Å². The number of methoxy groups -OCH3 is 1. The minimum atomic E-state index is -3.73. The van der Waals surface area contributed by atoms with Crippen molar-refractivity contribution in [1.82, 2.24) is 5.32 Å². The number of carbonyl (C=O) groups is 1. The molecule has 0 saturated carbocycles. The topological polar surface area (TPSA) is 84.9 Å². The molecule has 32 heavy (non-hydrogen) atoms. The summed E-state index contributed by atoms with van der Waals surface area (Å²) in [5, 5.41) is 2.77. The van der Waals surface area contributed by atoms with Crippen molar-refractivity contribution in [3.05, 3.63) is 53.6 Å². The number of hydrogen-bond acceptors (Lipinski definition) is 5. The number of carbonyl (C=O) groups excluding carboxylic acids is 1.